The summed E-state index contributed by atoms with van der Waals surface area (Å²) >= 11 is 0. The minimum Gasteiger partial charge on any atom is -0.438 e. The average molecular weight is 436 g/mol. The summed E-state index contributed by atoms with van der Waals surface area (Å²) in [5, 5.41) is 3.79. The zero-order valence-corrected chi connectivity index (χ0v) is 18.3. The molecule has 0 saturated carbocycles. The molecule has 2 heterocycles. The molecule has 0 radical (unpaired) electrons. The first-order chi connectivity index (χ1) is 15.4. The first kappa shape index (κ1) is 21.4. The Balaban J connectivity index is 1.57. The number of likely N-dealkylation sites (N-methyl/N-ethyl adjacent to an activating group) is 2. The minimum atomic E-state index is -0.326. The van der Waals surface area contributed by atoms with E-state index in [2.05, 4.69) is 25.2 Å². The lowest BCUT2D eigenvalue weighted by atomic mass is 10.2. The van der Waals surface area contributed by atoms with E-state index < -0.39 is 0 Å². The molecule has 2 aromatic heterocycles. The highest BCUT2D eigenvalue weighted by Crippen LogP contribution is 2.30. The van der Waals surface area contributed by atoms with Crippen LogP contribution >= 0.6 is 0 Å². The third-order valence-electron chi connectivity index (χ3n) is 4.95. The van der Waals surface area contributed by atoms with Crippen molar-refractivity contribution in [3.63, 3.8) is 0 Å². The number of hydrogen-bond donors (Lipinski definition) is 3. The van der Waals surface area contributed by atoms with Crippen LogP contribution in [0.15, 0.2) is 54.7 Å². The molecule has 0 amide bonds. The molecule has 0 bridgehead atoms. The number of benzene rings is 2. The Morgan fingerprint density at radius 3 is 2.66 bits per heavy atom. The van der Waals surface area contributed by atoms with Crippen molar-refractivity contribution in [1.82, 2.24) is 19.9 Å². The van der Waals surface area contributed by atoms with Crippen molar-refractivity contribution in [2.75, 3.05) is 50.2 Å². The molecular formula is C23H26FN7O. The van der Waals surface area contributed by atoms with Crippen LogP contribution in [0, 0.1) is 5.82 Å². The number of ether oxygens (including phenoxy) is 1. The van der Waals surface area contributed by atoms with Gasteiger partial charge in [0.1, 0.15) is 17.2 Å². The van der Waals surface area contributed by atoms with E-state index in [4.69, 9.17) is 10.5 Å². The number of H-pyrrole nitrogens is 1. The lowest BCUT2D eigenvalue weighted by Gasteiger charge is -2.22. The number of rotatable bonds is 8. The van der Waals surface area contributed by atoms with Gasteiger partial charge in [-0.3, -0.25) is 0 Å². The van der Waals surface area contributed by atoms with Gasteiger partial charge in [0, 0.05) is 43.8 Å². The average Bonchev–Trinajstić information content (AvgIpc) is 3.21. The van der Waals surface area contributed by atoms with E-state index in [1.807, 2.05) is 32.1 Å². The molecule has 0 unspecified atom stereocenters. The molecule has 0 atom stereocenters. The molecule has 4 rings (SSSR count). The molecule has 0 fully saturated rings. The number of nitrogens with one attached hydrogen (secondary N) is 2. The molecule has 4 aromatic rings. The highest BCUT2D eigenvalue weighted by molar-refractivity contribution is 5.82. The van der Waals surface area contributed by atoms with Gasteiger partial charge in [-0.1, -0.05) is 6.07 Å². The smallest absolute Gasteiger partial charge is 0.233 e. The van der Waals surface area contributed by atoms with Crippen molar-refractivity contribution in [3.8, 4) is 11.6 Å². The van der Waals surface area contributed by atoms with Crippen LogP contribution in [0.4, 0.5) is 27.4 Å². The van der Waals surface area contributed by atoms with Crippen molar-refractivity contribution >= 4 is 34.0 Å². The third kappa shape index (κ3) is 4.89. The fourth-order valence-corrected chi connectivity index (χ4v) is 3.23. The Kier molecular flexibility index (Phi) is 6.09. The second kappa shape index (κ2) is 9.11. The highest BCUT2D eigenvalue weighted by atomic mass is 19.1. The van der Waals surface area contributed by atoms with Gasteiger partial charge in [0.15, 0.2) is 0 Å². The van der Waals surface area contributed by atoms with E-state index in [9.17, 15) is 4.39 Å². The fourth-order valence-electron chi connectivity index (χ4n) is 3.23. The van der Waals surface area contributed by atoms with Crippen molar-refractivity contribution < 1.29 is 9.13 Å². The van der Waals surface area contributed by atoms with Crippen LogP contribution in [0.5, 0.6) is 11.6 Å². The number of nitrogens with zero attached hydrogens (tertiary/aromatic N) is 4. The molecule has 166 valence electrons. The van der Waals surface area contributed by atoms with Crippen LogP contribution in [0.2, 0.25) is 0 Å². The standard InChI is InChI=1S/C23H26FN7O/c1-30(2)11-12-31(3)20-8-7-16(14-19(20)24)27-23-28-21-18(9-10-26-21)22(29-23)32-17-6-4-5-15(25)13-17/h4-10,13-14H,11-12,25H2,1-3H3,(H2,26,27,28,29). The Morgan fingerprint density at radius 1 is 1.06 bits per heavy atom. The number of aromatic nitrogens is 3. The Morgan fingerprint density at radius 2 is 1.91 bits per heavy atom. The summed E-state index contributed by atoms with van der Waals surface area (Å²) < 4.78 is 20.7. The van der Waals surface area contributed by atoms with E-state index in [0.29, 0.717) is 40.9 Å². The molecule has 8 nitrogen and oxygen atoms in total. The summed E-state index contributed by atoms with van der Waals surface area (Å²) in [6, 6.07) is 13.9. The Bertz CT molecular complexity index is 1220. The van der Waals surface area contributed by atoms with Gasteiger partial charge in [-0.25, -0.2) is 4.39 Å². The lowest BCUT2D eigenvalue weighted by Crippen LogP contribution is -2.29. The Labute approximate surface area is 185 Å². The molecule has 0 saturated heterocycles. The maximum atomic E-state index is 14.8. The largest absolute Gasteiger partial charge is 0.438 e. The molecule has 9 heteroatoms. The molecule has 4 N–H and O–H groups in total. The number of aromatic amines is 1. The third-order valence-corrected chi connectivity index (χ3v) is 4.95. The number of hydrogen-bond acceptors (Lipinski definition) is 7. The van der Waals surface area contributed by atoms with Gasteiger partial charge in [0.05, 0.1) is 11.1 Å². The lowest BCUT2D eigenvalue weighted by molar-refractivity contribution is 0.416. The van der Waals surface area contributed by atoms with Crippen molar-refractivity contribution in [2.24, 2.45) is 0 Å². The van der Waals surface area contributed by atoms with Crippen molar-refractivity contribution in [1.29, 1.82) is 0 Å². The maximum absolute atomic E-state index is 14.8. The van der Waals surface area contributed by atoms with Gasteiger partial charge in [-0.2, -0.15) is 9.97 Å². The molecule has 0 aliphatic rings. The molecule has 2 aromatic carbocycles. The van der Waals surface area contributed by atoms with Crippen LogP contribution in [0.25, 0.3) is 11.0 Å². The van der Waals surface area contributed by atoms with E-state index in [0.717, 1.165) is 11.9 Å². The molecule has 0 spiro atoms. The van der Waals surface area contributed by atoms with Crippen molar-refractivity contribution in [2.45, 2.75) is 0 Å². The number of fused-ring (bicyclic) bond motifs is 1. The number of nitrogen functional groups attached to an aromatic ring is 1. The summed E-state index contributed by atoms with van der Waals surface area (Å²) in [4.78, 5) is 16.0. The van der Waals surface area contributed by atoms with Gasteiger partial charge in [-0.05, 0) is 50.5 Å². The second-order valence-corrected chi connectivity index (χ2v) is 7.78. The molecule has 0 aliphatic heterocycles. The van der Waals surface area contributed by atoms with Crippen LogP contribution in [0.3, 0.4) is 0 Å². The van der Waals surface area contributed by atoms with E-state index in [1.165, 1.54) is 6.07 Å². The predicted octanol–water partition coefficient (Wildman–Crippen LogP) is 4.21. The van der Waals surface area contributed by atoms with E-state index in [1.54, 1.807) is 42.6 Å². The second-order valence-electron chi connectivity index (χ2n) is 7.78. The summed E-state index contributed by atoms with van der Waals surface area (Å²) in [5.41, 5.74) is 8.10. The molecular weight excluding hydrogens is 409 g/mol. The SMILES string of the molecule is CN(C)CCN(C)c1ccc(Nc2nc(Oc3cccc(N)c3)c3cc[nH]c3n2)cc1F. The zero-order chi connectivity index (χ0) is 22.7. The topological polar surface area (TPSA) is 95.3 Å². The van der Waals surface area contributed by atoms with E-state index in [-0.39, 0.29) is 11.8 Å². The fraction of sp³-hybridized carbons (Fsp3) is 0.217. The summed E-state index contributed by atoms with van der Waals surface area (Å²) in [5.74, 6) is 0.888. The zero-order valence-electron chi connectivity index (χ0n) is 18.3. The van der Waals surface area contributed by atoms with Crippen LogP contribution < -0.4 is 20.7 Å². The van der Waals surface area contributed by atoms with Crippen LogP contribution in [-0.4, -0.2) is 54.1 Å². The quantitative estimate of drug-likeness (QED) is 0.357. The van der Waals surface area contributed by atoms with Crippen LogP contribution in [0.1, 0.15) is 0 Å². The van der Waals surface area contributed by atoms with Gasteiger partial charge < -0.3 is 30.6 Å². The molecule has 32 heavy (non-hydrogen) atoms. The minimum absolute atomic E-state index is 0.284. The van der Waals surface area contributed by atoms with Gasteiger partial charge in [0.2, 0.25) is 11.8 Å². The number of halogens is 1. The predicted molar refractivity (Wildman–Crippen MR) is 126 cm³/mol. The Hall–Kier alpha value is -3.85. The normalized spacial score (nSPS) is 11.2. The van der Waals surface area contributed by atoms with Gasteiger partial charge in [-0.15, -0.1) is 0 Å². The molecule has 0 aliphatic carbocycles. The summed E-state index contributed by atoms with van der Waals surface area (Å²) in [6.07, 6.45) is 1.76. The number of nitrogens with two attached hydrogens (primary N) is 1. The monoisotopic (exact) mass is 435 g/mol. The maximum Gasteiger partial charge on any atom is 0.233 e. The van der Waals surface area contributed by atoms with E-state index >= 15 is 0 Å². The van der Waals surface area contributed by atoms with Gasteiger partial charge in [0.25, 0.3) is 0 Å². The highest BCUT2D eigenvalue weighted by Gasteiger charge is 2.13. The first-order valence-electron chi connectivity index (χ1n) is 10.2. The summed E-state index contributed by atoms with van der Waals surface area (Å²) in [6.45, 7) is 1.55. The van der Waals surface area contributed by atoms with Crippen molar-refractivity contribution in [3.05, 3.63) is 60.5 Å². The van der Waals surface area contributed by atoms with Gasteiger partial charge >= 0.3 is 0 Å². The summed E-state index contributed by atoms with van der Waals surface area (Å²) in [7, 11) is 5.85. The number of anilines is 4. The first-order valence-corrected chi connectivity index (χ1v) is 10.2. The van der Waals surface area contributed by atoms with Crippen LogP contribution in [-0.2, 0) is 0 Å².